The van der Waals surface area contributed by atoms with Gasteiger partial charge in [-0.3, -0.25) is 0 Å². The van der Waals surface area contributed by atoms with Crippen molar-refractivity contribution in [3.8, 4) is 5.75 Å². The summed E-state index contributed by atoms with van der Waals surface area (Å²) in [5, 5.41) is 0. The van der Waals surface area contributed by atoms with Crippen molar-refractivity contribution in [3.63, 3.8) is 0 Å². The summed E-state index contributed by atoms with van der Waals surface area (Å²) in [4.78, 5) is 0. The van der Waals surface area contributed by atoms with Crippen LogP contribution in [0.3, 0.4) is 0 Å². The molecule has 1 saturated carbocycles. The minimum atomic E-state index is -0.0974. The minimum absolute atomic E-state index is 0.0974. The first kappa shape index (κ1) is 20.3. The maximum Gasteiger partial charge on any atom is 0.130 e. The molecule has 0 bridgehead atoms. The molecule has 142 valence electrons. The third-order valence-corrected chi connectivity index (χ3v) is 5.99. The third-order valence-electron chi connectivity index (χ3n) is 5.99. The Labute approximate surface area is 154 Å². The van der Waals surface area contributed by atoms with E-state index < -0.39 is 0 Å². The van der Waals surface area contributed by atoms with Gasteiger partial charge in [0.1, 0.15) is 11.6 Å². The van der Waals surface area contributed by atoms with Crippen molar-refractivity contribution in [2.24, 2.45) is 5.41 Å². The van der Waals surface area contributed by atoms with Gasteiger partial charge in [0.25, 0.3) is 0 Å². The van der Waals surface area contributed by atoms with Gasteiger partial charge in [-0.15, -0.1) is 0 Å². The van der Waals surface area contributed by atoms with E-state index in [1.807, 2.05) is 19.1 Å². The molecule has 25 heavy (non-hydrogen) atoms. The molecule has 0 radical (unpaired) electrons. The summed E-state index contributed by atoms with van der Waals surface area (Å²) >= 11 is 0. The van der Waals surface area contributed by atoms with Crippen molar-refractivity contribution < 1.29 is 9.13 Å². The lowest BCUT2D eigenvalue weighted by molar-refractivity contribution is 0.151. The molecule has 0 aromatic heterocycles. The van der Waals surface area contributed by atoms with Crippen molar-refractivity contribution in [3.05, 3.63) is 29.6 Å². The zero-order chi connectivity index (χ0) is 18.0. The molecule has 2 rings (SSSR count). The zero-order valence-electron chi connectivity index (χ0n) is 16.4. The SMILES string of the molecule is CCCCCCCC1(CCc2ccc(OCC)cc2F)CCCCC1. The van der Waals surface area contributed by atoms with Gasteiger partial charge < -0.3 is 4.74 Å². The van der Waals surface area contributed by atoms with Crippen LogP contribution in [0.2, 0.25) is 0 Å². The van der Waals surface area contributed by atoms with Crippen molar-refractivity contribution in [2.75, 3.05) is 6.61 Å². The lowest BCUT2D eigenvalue weighted by Crippen LogP contribution is -2.25. The zero-order valence-corrected chi connectivity index (χ0v) is 16.4. The van der Waals surface area contributed by atoms with Crippen LogP contribution in [-0.4, -0.2) is 6.61 Å². The molecular formula is C23H37FO. The topological polar surface area (TPSA) is 9.23 Å². The van der Waals surface area contributed by atoms with Crippen LogP contribution >= 0.6 is 0 Å². The highest BCUT2D eigenvalue weighted by atomic mass is 19.1. The Morgan fingerprint density at radius 1 is 0.960 bits per heavy atom. The van der Waals surface area contributed by atoms with E-state index in [4.69, 9.17) is 4.74 Å². The number of aryl methyl sites for hydroxylation is 1. The second-order valence-electron chi connectivity index (χ2n) is 7.91. The molecule has 1 nitrogen and oxygen atoms in total. The fourth-order valence-corrected chi connectivity index (χ4v) is 4.42. The number of ether oxygens (including phenoxy) is 1. The highest BCUT2D eigenvalue weighted by Gasteiger charge is 2.31. The van der Waals surface area contributed by atoms with Crippen LogP contribution in [0.4, 0.5) is 4.39 Å². The first-order valence-corrected chi connectivity index (χ1v) is 10.6. The second-order valence-corrected chi connectivity index (χ2v) is 7.91. The summed E-state index contributed by atoms with van der Waals surface area (Å²) < 4.78 is 19.8. The van der Waals surface area contributed by atoms with Crippen LogP contribution in [0.5, 0.6) is 5.75 Å². The molecule has 1 aliphatic rings. The van der Waals surface area contributed by atoms with Crippen LogP contribution < -0.4 is 4.74 Å². The van der Waals surface area contributed by atoms with Crippen LogP contribution in [0.25, 0.3) is 0 Å². The summed E-state index contributed by atoms with van der Waals surface area (Å²) in [6.45, 7) is 4.78. The van der Waals surface area contributed by atoms with Crippen molar-refractivity contribution >= 4 is 0 Å². The van der Waals surface area contributed by atoms with Gasteiger partial charge >= 0.3 is 0 Å². The van der Waals surface area contributed by atoms with Gasteiger partial charge in [-0.25, -0.2) is 4.39 Å². The van der Waals surface area contributed by atoms with Crippen molar-refractivity contribution in [2.45, 2.75) is 97.3 Å². The Hall–Kier alpha value is -1.05. The molecule has 0 spiro atoms. The summed E-state index contributed by atoms with van der Waals surface area (Å²) in [5.74, 6) is 0.548. The quantitative estimate of drug-likeness (QED) is 0.377. The largest absolute Gasteiger partial charge is 0.494 e. The van der Waals surface area contributed by atoms with E-state index in [9.17, 15) is 4.39 Å². The molecule has 0 heterocycles. The standard InChI is InChI=1S/C23H37FO/c1-3-5-6-7-9-15-23(16-10-8-11-17-23)18-14-20-12-13-21(25-4-2)19-22(20)24/h12-13,19H,3-11,14-18H2,1-2H3. The van der Waals surface area contributed by atoms with Gasteiger partial charge in [0.15, 0.2) is 0 Å². The highest BCUT2D eigenvalue weighted by Crippen LogP contribution is 2.44. The number of hydrogen-bond acceptors (Lipinski definition) is 1. The monoisotopic (exact) mass is 348 g/mol. The number of benzene rings is 1. The van der Waals surface area contributed by atoms with Gasteiger partial charge in [0.2, 0.25) is 0 Å². The molecule has 0 amide bonds. The molecule has 1 aromatic carbocycles. The lowest BCUT2D eigenvalue weighted by Gasteiger charge is -2.38. The van der Waals surface area contributed by atoms with Crippen LogP contribution in [0.15, 0.2) is 18.2 Å². The summed E-state index contributed by atoms with van der Waals surface area (Å²) in [6.07, 6.45) is 16.9. The molecule has 0 atom stereocenters. The second kappa shape index (κ2) is 10.8. The Morgan fingerprint density at radius 3 is 2.40 bits per heavy atom. The summed E-state index contributed by atoms with van der Waals surface area (Å²) in [5.41, 5.74) is 1.33. The molecule has 0 saturated heterocycles. The number of hydrogen-bond donors (Lipinski definition) is 0. The number of halogens is 1. The first-order valence-electron chi connectivity index (χ1n) is 10.6. The maximum absolute atomic E-state index is 14.4. The fraction of sp³-hybridized carbons (Fsp3) is 0.739. The van der Waals surface area contributed by atoms with Gasteiger partial charge in [-0.1, -0.05) is 64.4 Å². The molecule has 2 heteroatoms. The Morgan fingerprint density at radius 2 is 1.72 bits per heavy atom. The van der Waals surface area contributed by atoms with Gasteiger partial charge in [0.05, 0.1) is 6.61 Å². The van der Waals surface area contributed by atoms with Gasteiger partial charge in [-0.2, -0.15) is 0 Å². The first-order chi connectivity index (χ1) is 12.2. The van der Waals surface area contributed by atoms with Crippen molar-refractivity contribution in [1.29, 1.82) is 0 Å². The van der Waals surface area contributed by atoms with Crippen LogP contribution in [-0.2, 0) is 6.42 Å². The van der Waals surface area contributed by atoms with Crippen LogP contribution in [0, 0.1) is 11.2 Å². The number of rotatable bonds is 11. The van der Waals surface area contributed by atoms with Gasteiger partial charge in [-0.05, 0) is 56.1 Å². The smallest absolute Gasteiger partial charge is 0.130 e. The van der Waals surface area contributed by atoms with E-state index in [0.29, 0.717) is 17.8 Å². The van der Waals surface area contributed by atoms with Crippen LogP contribution in [0.1, 0.15) is 96.5 Å². The Balaban J connectivity index is 1.90. The highest BCUT2D eigenvalue weighted by molar-refractivity contribution is 5.29. The minimum Gasteiger partial charge on any atom is -0.494 e. The number of unbranched alkanes of at least 4 members (excludes halogenated alkanes) is 4. The Bertz CT molecular complexity index is 491. The fourth-order valence-electron chi connectivity index (χ4n) is 4.42. The molecule has 0 aliphatic heterocycles. The molecule has 1 fully saturated rings. The van der Waals surface area contributed by atoms with E-state index in [1.165, 1.54) is 70.6 Å². The molecule has 1 aliphatic carbocycles. The van der Waals surface area contributed by atoms with E-state index >= 15 is 0 Å². The molecule has 0 N–H and O–H groups in total. The van der Waals surface area contributed by atoms with E-state index in [2.05, 4.69) is 6.92 Å². The molecular weight excluding hydrogens is 311 g/mol. The Kier molecular flexibility index (Phi) is 8.78. The predicted octanol–water partition coefficient (Wildman–Crippen LogP) is 7.47. The normalized spacial score (nSPS) is 16.8. The van der Waals surface area contributed by atoms with Crippen molar-refractivity contribution in [1.82, 2.24) is 0 Å². The predicted molar refractivity (Wildman–Crippen MR) is 105 cm³/mol. The average molecular weight is 349 g/mol. The molecule has 1 aromatic rings. The lowest BCUT2D eigenvalue weighted by atomic mass is 9.68. The van der Waals surface area contributed by atoms with E-state index in [-0.39, 0.29) is 5.82 Å². The maximum atomic E-state index is 14.4. The van der Waals surface area contributed by atoms with Gasteiger partial charge in [0, 0.05) is 6.07 Å². The average Bonchev–Trinajstić information content (AvgIpc) is 2.62. The third kappa shape index (κ3) is 6.64. The summed E-state index contributed by atoms with van der Waals surface area (Å²) in [7, 11) is 0. The van der Waals surface area contributed by atoms with E-state index in [0.717, 1.165) is 18.4 Å². The molecule has 0 unspecified atom stereocenters. The van der Waals surface area contributed by atoms with E-state index in [1.54, 1.807) is 6.07 Å². The summed E-state index contributed by atoms with van der Waals surface area (Å²) in [6, 6.07) is 5.40.